The highest BCUT2D eigenvalue weighted by atomic mass is 32.1. The Balaban J connectivity index is 1.92. The molecule has 2 rings (SSSR count). The van der Waals surface area contributed by atoms with Gasteiger partial charge in [-0.3, -0.25) is 0 Å². The highest BCUT2D eigenvalue weighted by Crippen LogP contribution is 2.16. The molecule has 0 atom stereocenters. The van der Waals surface area contributed by atoms with E-state index in [0.717, 1.165) is 17.0 Å². The van der Waals surface area contributed by atoms with Crippen LogP contribution in [-0.4, -0.2) is 16.1 Å². The molecule has 96 valence electrons. The summed E-state index contributed by atoms with van der Waals surface area (Å²) >= 11 is 1.23. The topological polar surface area (TPSA) is 75.4 Å². The van der Waals surface area contributed by atoms with Gasteiger partial charge in [0.25, 0.3) is 0 Å². The molecule has 0 aliphatic heterocycles. The van der Waals surface area contributed by atoms with Crippen LogP contribution in [0.1, 0.15) is 32.6 Å². The first-order valence-corrected chi connectivity index (χ1v) is 6.39. The zero-order chi connectivity index (χ0) is 13.1. The Bertz CT molecular complexity index is 540. The maximum atomic E-state index is 10.9. The van der Waals surface area contributed by atoms with Crippen molar-refractivity contribution in [3.63, 3.8) is 0 Å². The Morgan fingerprint density at radius 3 is 2.89 bits per heavy atom. The summed E-state index contributed by atoms with van der Waals surface area (Å²) in [5, 5.41) is 13.9. The normalized spacial score (nSPS) is 10.8. The number of hydrogen-bond donors (Lipinski definition) is 2. The first-order valence-electron chi connectivity index (χ1n) is 5.51. The molecule has 2 aromatic heterocycles. The van der Waals surface area contributed by atoms with Crippen LogP contribution in [0.15, 0.2) is 15.9 Å². The second-order valence-corrected chi connectivity index (χ2v) is 4.85. The van der Waals surface area contributed by atoms with Gasteiger partial charge in [-0.2, -0.15) is 0 Å². The molecule has 0 bridgehead atoms. The van der Waals surface area contributed by atoms with Gasteiger partial charge in [-0.25, -0.2) is 9.78 Å². The minimum Gasteiger partial charge on any atom is -0.477 e. The molecule has 0 amide bonds. The first-order chi connectivity index (χ1) is 8.58. The molecular weight excluding hydrogens is 252 g/mol. The van der Waals surface area contributed by atoms with Gasteiger partial charge in [-0.1, -0.05) is 0 Å². The summed E-state index contributed by atoms with van der Waals surface area (Å²) in [7, 11) is 0. The molecule has 0 aliphatic carbocycles. The third kappa shape index (κ3) is 2.77. The second-order valence-electron chi connectivity index (χ2n) is 3.93. The third-order valence-corrected chi connectivity index (χ3v) is 3.55. The lowest BCUT2D eigenvalue weighted by Crippen LogP contribution is -2.14. The summed E-state index contributed by atoms with van der Waals surface area (Å²) in [6.45, 7) is 4.74. The van der Waals surface area contributed by atoms with Crippen molar-refractivity contribution in [2.45, 2.75) is 26.9 Å². The van der Waals surface area contributed by atoms with Crippen LogP contribution in [0.3, 0.4) is 0 Å². The summed E-state index contributed by atoms with van der Waals surface area (Å²) in [6.07, 6.45) is 0. The largest absolute Gasteiger partial charge is 0.477 e. The van der Waals surface area contributed by atoms with Crippen molar-refractivity contribution in [3.05, 3.63) is 39.2 Å². The molecule has 6 heteroatoms. The zero-order valence-corrected chi connectivity index (χ0v) is 11.0. The number of nitrogens with one attached hydrogen (secondary N) is 1. The minimum atomic E-state index is -0.885. The minimum absolute atomic E-state index is 0.377. The highest BCUT2D eigenvalue weighted by molar-refractivity contribution is 7.12. The Morgan fingerprint density at radius 1 is 1.50 bits per heavy atom. The molecule has 2 aromatic rings. The number of oxazole rings is 1. The van der Waals surface area contributed by atoms with Gasteiger partial charge in [0.05, 0.1) is 12.2 Å². The monoisotopic (exact) mass is 266 g/mol. The van der Waals surface area contributed by atoms with Gasteiger partial charge in [0, 0.05) is 6.54 Å². The summed E-state index contributed by atoms with van der Waals surface area (Å²) in [5.41, 5.74) is 1.67. The molecule has 18 heavy (non-hydrogen) atoms. The van der Waals surface area contributed by atoms with Gasteiger partial charge in [-0.15, -0.1) is 11.3 Å². The molecule has 0 fully saturated rings. The van der Waals surface area contributed by atoms with E-state index in [-0.39, 0.29) is 0 Å². The first kappa shape index (κ1) is 12.8. The van der Waals surface area contributed by atoms with Crippen molar-refractivity contribution in [3.8, 4) is 0 Å². The van der Waals surface area contributed by atoms with Crippen LogP contribution in [-0.2, 0) is 13.1 Å². The number of thiophene rings is 1. The predicted molar refractivity (Wildman–Crippen MR) is 67.8 cm³/mol. The van der Waals surface area contributed by atoms with E-state index in [0.29, 0.717) is 23.9 Å². The third-order valence-electron chi connectivity index (χ3n) is 2.61. The van der Waals surface area contributed by atoms with Gasteiger partial charge >= 0.3 is 5.97 Å². The van der Waals surface area contributed by atoms with Crippen LogP contribution in [0, 0.1) is 13.8 Å². The summed E-state index contributed by atoms with van der Waals surface area (Å²) in [4.78, 5) is 15.5. The Morgan fingerprint density at radius 2 is 2.28 bits per heavy atom. The number of aromatic nitrogens is 1. The molecule has 2 N–H and O–H groups in total. The van der Waals surface area contributed by atoms with Gasteiger partial charge < -0.3 is 14.8 Å². The van der Waals surface area contributed by atoms with Crippen LogP contribution >= 0.6 is 11.3 Å². The van der Waals surface area contributed by atoms with Gasteiger partial charge in [0.2, 0.25) is 5.89 Å². The van der Waals surface area contributed by atoms with Crippen molar-refractivity contribution in [1.82, 2.24) is 10.3 Å². The van der Waals surface area contributed by atoms with E-state index in [4.69, 9.17) is 9.52 Å². The van der Waals surface area contributed by atoms with Crippen LogP contribution in [0.2, 0.25) is 0 Å². The fourth-order valence-electron chi connectivity index (χ4n) is 1.58. The highest BCUT2D eigenvalue weighted by Gasteiger charge is 2.11. The molecule has 5 nitrogen and oxygen atoms in total. The van der Waals surface area contributed by atoms with E-state index >= 15 is 0 Å². The molecule has 0 spiro atoms. The molecule has 0 saturated carbocycles. The number of nitrogens with zero attached hydrogens (tertiary/aromatic N) is 1. The Hall–Kier alpha value is -1.66. The molecule has 0 unspecified atom stereocenters. The van der Waals surface area contributed by atoms with Crippen molar-refractivity contribution >= 4 is 17.3 Å². The van der Waals surface area contributed by atoms with E-state index < -0.39 is 5.97 Å². The van der Waals surface area contributed by atoms with Gasteiger partial charge in [-0.05, 0) is 30.9 Å². The maximum Gasteiger partial charge on any atom is 0.346 e. The van der Waals surface area contributed by atoms with Gasteiger partial charge in [0.1, 0.15) is 10.6 Å². The number of rotatable bonds is 5. The van der Waals surface area contributed by atoms with Crippen LogP contribution in [0.25, 0.3) is 0 Å². The fraction of sp³-hybridized carbons (Fsp3) is 0.333. The SMILES string of the molecule is Cc1nc(CNCc2ccsc2C(=O)O)oc1C. The number of aryl methyl sites for hydroxylation is 2. The van der Waals surface area contributed by atoms with Crippen LogP contribution in [0.5, 0.6) is 0 Å². The van der Waals surface area contributed by atoms with E-state index in [9.17, 15) is 4.79 Å². The number of hydrogen-bond acceptors (Lipinski definition) is 5. The lowest BCUT2D eigenvalue weighted by molar-refractivity contribution is 0.0701. The summed E-state index contributed by atoms with van der Waals surface area (Å²) < 4.78 is 5.42. The van der Waals surface area contributed by atoms with E-state index in [1.165, 1.54) is 11.3 Å². The smallest absolute Gasteiger partial charge is 0.346 e. The molecule has 0 saturated heterocycles. The van der Waals surface area contributed by atoms with E-state index in [1.54, 1.807) is 5.38 Å². The number of carboxylic acids is 1. The average molecular weight is 266 g/mol. The fourth-order valence-corrected chi connectivity index (χ4v) is 2.34. The lowest BCUT2D eigenvalue weighted by Gasteiger charge is -2.01. The van der Waals surface area contributed by atoms with Crippen molar-refractivity contribution in [1.29, 1.82) is 0 Å². The molecular formula is C12H14N2O3S. The molecule has 2 heterocycles. The van der Waals surface area contributed by atoms with E-state index in [1.807, 2.05) is 19.9 Å². The van der Waals surface area contributed by atoms with Crippen molar-refractivity contribution in [2.24, 2.45) is 0 Å². The summed E-state index contributed by atoms with van der Waals surface area (Å²) in [6, 6.07) is 1.81. The molecule has 0 aliphatic rings. The number of carbonyl (C=O) groups is 1. The van der Waals surface area contributed by atoms with Crippen LogP contribution < -0.4 is 5.32 Å². The predicted octanol–water partition coefficient (Wildman–Crippen LogP) is 2.34. The summed E-state index contributed by atoms with van der Waals surface area (Å²) in [5.74, 6) is 0.551. The number of aromatic carboxylic acids is 1. The number of carboxylic acid groups (broad SMARTS) is 1. The van der Waals surface area contributed by atoms with Crippen molar-refractivity contribution < 1.29 is 14.3 Å². The van der Waals surface area contributed by atoms with Gasteiger partial charge in [0.15, 0.2) is 0 Å². The molecule has 0 aromatic carbocycles. The molecule has 0 radical (unpaired) electrons. The quantitative estimate of drug-likeness (QED) is 0.868. The second kappa shape index (κ2) is 5.32. The van der Waals surface area contributed by atoms with E-state index in [2.05, 4.69) is 10.3 Å². The Kier molecular flexibility index (Phi) is 3.78. The average Bonchev–Trinajstić information content (AvgIpc) is 2.87. The standard InChI is InChI=1S/C12H14N2O3S/c1-7-8(2)17-10(14-7)6-13-5-9-3-4-18-11(9)12(15)16/h3-4,13H,5-6H2,1-2H3,(H,15,16). The van der Waals surface area contributed by atoms with Crippen LogP contribution in [0.4, 0.5) is 0 Å². The lowest BCUT2D eigenvalue weighted by atomic mass is 10.2. The maximum absolute atomic E-state index is 10.9. The zero-order valence-electron chi connectivity index (χ0n) is 10.2. The Labute approximate surface area is 108 Å². The van der Waals surface area contributed by atoms with Crippen molar-refractivity contribution in [2.75, 3.05) is 0 Å².